The van der Waals surface area contributed by atoms with Gasteiger partial charge in [-0.1, -0.05) is 43.8 Å². The fraction of sp³-hybridized carbons (Fsp3) is 0.290. The zero-order chi connectivity index (χ0) is 31.8. The second kappa shape index (κ2) is 12.2. The lowest BCUT2D eigenvalue weighted by atomic mass is 10.1. The summed E-state index contributed by atoms with van der Waals surface area (Å²) in [5.41, 5.74) is 7.79. The molecule has 0 saturated carbocycles. The van der Waals surface area contributed by atoms with Gasteiger partial charge in [-0.15, -0.1) is 10.2 Å². The third-order valence-corrected chi connectivity index (χ3v) is 9.57. The summed E-state index contributed by atoms with van der Waals surface area (Å²) in [6.45, 7) is 8.20. The van der Waals surface area contributed by atoms with Crippen LogP contribution in [0, 0.1) is 0 Å². The zero-order valence-corrected chi connectivity index (χ0v) is 26.5. The number of carbonyl (C=O) groups is 1. The first-order valence-corrected chi connectivity index (χ1v) is 15.8. The molecule has 0 aliphatic rings. The van der Waals surface area contributed by atoms with Crippen LogP contribution in [0.2, 0.25) is 0 Å². The molecule has 8 nitrogen and oxygen atoms in total. The first-order chi connectivity index (χ1) is 20.8. The number of nitrogens with two attached hydrogens (primary N) is 1. The number of nitrogens with zero attached hydrogens (tertiary/aromatic N) is 6. The normalized spacial score (nSPS) is 12.3. The molecule has 13 heteroatoms. The van der Waals surface area contributed by atoms with Crippen molar-refractivity contribution in [2.75, 3.05) is 11.2 Å². The maximum Gasteiger partial charge on any atom is 0.416 e. The molecule has 0 atom stereocenters. The number of rotatable bonds is 9. The summed E-state index contributed by atoms with van der Waals surface area (Å²) in [6.07, 6.45) is -0.542. The number of thioether (sulfide) groups is 1. The van der Waals surface area contributed by atoms with Crippen molar-refractivity contribution in [3.8, 4) is 5.69 Å². The van der Waals surface area contributed by atoms with Crippen LogP contribution in [0.5, 0.6) is 0 Å². The smallest absolute Gasteiger partial charge is 0.351 e. The Kier molecular flexibility index (Phi) is 8.72. The molecule has 0 radical (unpaired) electrons. The van der Waals surface area contributed by atoms with Crippen LogP contribution in [-0.4, -0.2) is 36.7 Å². The highest BCUT2D eigenvalue weighted by atomic mass is 32.2. The molecule has 3 aromatic heterocycles. The van der Waals surface area contributed by atoms with E-state index in [0.717, 1.165) is 39.0 Å². The minimum Gasteiger partial charge on any atom is -0.351 e. The lowest BCUT2D eigenvalue weighted by Crippen LogP contribution is -2.36. The molecular weight excluding hydrogens is 608 g/mol. The number of benzene rings is 2. The van der Waals surface area contributed by atoms with Gasteiger partial charge in [0.25, 0.3) is 0 Å². The maximum absolute atomic E-state index is 13.3. The summed E-state index contributed by atoms with van der Waals surface area (Å²) >= 11 is 3.09. The van der Waals surface area contributed by atoms with Crippen molar-refractivity contribution < 1.29 is 18.0 Å². The topological polar surface area (TPSA) is 94.3 Å². The van der Waals surface area contributed by atoms with E-state index in [2.05, 4.69) is 24.0 Å². The van der Waals surface area contributed by atoms with Gasteiger partial charge in [-0.05, 0) is 68.1 Å². The van der Waals surface area contributed by atoms with Crippen LogP contribution in [0.1, 0.15) is 56.3 Å². The third kappa shape index (κ3) is 6.43. The number of hydrogen-bond acceptors (Lipinski definition) is 6. The number of aromatic nitrogens is 5. The Labute approximate surface area is 261 Å². The molecular formula is C31H32F3N7OS2. The minimum absolute atomic E-state index is 0.107. The van der Waals surface area contributed by atoms with Crippen molar-refractivity contribution in [3.05, 3.63) is 95.6 Å². The van der Waals surface area contributed by atoms with Crippen LogP contribution in [0.15, 0.2) is 82.7 Å². The molecule has 2 N–H and O–H groups in total. The number of hydrogen-bond donors (Lipinski definition) is 1. The average Bonchev–Trinajstić information content (AvgIpc) is 3.61. The SMILES string of the molecule is CSC(C)(C)c1cc(N(Cc2ccccc2Sc2ccc3nnc(C(C)C)n3c2)C(N)=O)n(-c2ccc(C(F)(F)F)cc2)n1. The molecule has 0 aliphatic heterocycles. The van der Waals surface area contributed by atoms with Gasteiger partial charge in [-0.2, -0.15) is 30.0 Å². The first-order valence-electron chi connectivity index (χ1n) is 13.8. The second-order valence-corrected chi connectivity index (χ2v) is 13.5. The number of anilines is 1. The monoisotopic (exact) mass is 639 g/mol. The van der Waals surface area contributed by atoms with Gasteiger partial charge in [0.2, 0.25) is 0 Å². The van der Waals surface area contributed by atoms with Gasteiger partial charge in [0.05, 0.1) is 28.2 Å². The summed E-state index contributed by atoms with van der Waals surface area (Å²) in [4.78, 5) is 16.3. The van der Waals surface area contributed by atoms with E-state index in [-0.39, 0.29) is 12.5 Å². The second-order valence-electron chi connectivity index (χ2n) is 11.0. The molecule has 44 heavy (non-hydrogen) atoms. The molecule has 0 fully saturated rings. The number of carbonyl (C=O) groups excluding carboxylic acids is 1. The number of pyridine rings is 1. The Morgan fingerprint density at radius 3 is 2.36 bits per heavy atom. The van der Waals surface area contributed by atoms with E-state index in [4.69, 9.17) is 10.8 Å². The van der Waals surface area contributed by atoms with Crippen LogP contribution in [-0.2, 0) is 17.5 Å². The highest BCUT2D eigenvalue weighted by molar-refractivity contribution is 7.99. The van der Waals surface area contributed by atoms with Crippen molar-refractivity contribution in [3.63, 3.8) is 0 Å². The van der Waals surface area contributed by atoms with Gasteiger partial charge >= 0.3 is 12.2 Å². The predicted molar refractivity (Wildman–Crippen MR) is 169 cm³/mol. The van der Waals surface area contributed by atoms with E-state index in [1.807, 2.05) is 67.1 Å². The van der Waals surface area contributed by atoms with Crippen molar-refractivity contribution in [2.24, 2.45) is 5.73 Å². The fourth-order valence-electron chi connectivity index (χ4n) is 4.59. The standard InChI is InChI=1S/C31H32F3N7OS2/c1-19(2)28-37-36-26-15-14-23(18-39(26)28)44-24-9-7-6-8-20(24)17-40(29(35)42)27-16-25(30(3,4)43-5)38-41(27)22-12-10-21(11-13-22)31(32,33)34/h6-16,18-19H,17H2,1-5H3,(H2,35,42). The zero-order valence-electron chi connectivity index (χ0n) is 24.8. The summed E-state index contributed by atoms with van der Waals surface area (Å²) < 4.78 is 42.9. The average molecular weight is 640 g/mol. The van der Waals surface area contributed by atoms with Gasteiger partial charge in [0, 0.05) is 28.0 Å². The fourth-order valence-corrected chi connectivity index (χ4v) is 5.86. The number of amides is 2. The molecule has 0 aliphatic carbocycles. The van der Waals surface area contributed by atoms with E-state index in [1.165, 1.54) is 33.5 Å². The summed E-state index contributed by atoms with van der Waals surface area (Å²) in [6, 6.07) is 17.3. The van der Waals surface area contributed by atoms with Gasteiger partial charge < -0.3 is 5.73 Å². The molecule has 2 aromatic carbocycles. The molecule has 5 aromatic rings. The lowest BCUT2D eigenvalue weighted by Gasteiger charge is -2.23. The van der Waals surface area contributed by atoms with E-state index in [9.17, 15) is 18.0 Å². The number of primary amides is 1. The predicted octanol–water partition coefficient (Wildman–Crippen LogP) is 7.89. The number of alkyl halides is 3. The molecule has 3 heterocycles. The quantitative estimate of drug-likeness (QED) is 0.176. The molecule has 0 spiro atoms. The van der Waals surface area contributed by atoms with Gasteiger partial charge in [-0.3, -0.25) is 9.30 Å². The summed E-state index contributed by atoms with van der Waals surface area (Å²) in [7, 11) is 0. The highest BCUT2D eigenvalue weighted by Crippen LogP contribution is 2.38. The first kappa shape index (κ1) is 31.5. The van der Waals surface area contributed by atoms with E-state index < -0.39 is 22.5 Å². The third-order valence-electron chi connectivity index (χ3n) is 7.25. The summed E-state index contributed by atoms with van der Waals surface area (Å²) in [5.74, 6) is 1.40. The molecule has 0 unspecified atom stereocenters. The Hall–Kier alpha value is -3.97. The van der Waals surface area contributed by atoms with Crippen molar-refractivity contribution in [1.82, 2.24) is 24.4 Å². The molecule has 2 amide bonds. The minimum atomic E-state index is -4.48. The van der Waals surface area contributed by atoms with Crippen LogP contribution in [0.4, 0.5) is 23.8 Å². The van der Waals surface area contributed by atoms with Gasteiger partial charge in [0.1, 0.15) is 11.6 Å². The van der Waals surface area contributed by atoms with Crippen molar-refractivity contribution in [1.29, 1.82) is 0 Å². The largest absolute Gasteiger partial charge is 0.416 e. The van der Waals surface area contributed by atoms with Crippen LogP contribution in [0.3, 0.4) is 0 Å². The Morgan fingerprint density at radius 1 is 1.02 bits per heavy atom. The molecule has 0 bridgehead atoms. The summed E-state index contributed by atoms with van der Waals surface area (Å²) in [5, 5.41) is 13.3. The number of halogens is 3. The van der Waals surface area contributed by atoms with E-state index in [1.54, 1.807) is 17.8 Å². The van der Waals surface area contributed by atoms with Gasteiger partial charge in [0.15, 0.2) is 5.65 Å². The van der Waals surface area contributed by atoms with Crippen LogP contribution in [0.25, 0.3) is 11.3 Å². The molecule has 5 rings (SSSR count). The number of fused-ring (bicyclic) bond motifs is 1. The highest BCUT2D eigenvalue weighted by Gasteiger charge is 2.31. The molecule has 230 valence electrons. The van der Waals surface area contributed by atoms with E-state index in [0.29, 0.717) is 17.2 Å². The Balaban J connectivity index is 1.54. The van der Waals surface area contributed by atoms with Gasteiger partial charge in [-0.25, -0.2) is 9.48 Å². The van der Waals surface area contributed by atoms with Crippen molar-refractivity contribution in [2.45, 2.75) is 60.9 Å². The van der Waals surface area contributed by atoms with Crippen LogP contribution < -0.4 is 10.6 Å². The lowest BCUT2D eigenvalue weighted by molar-refractivity contribution is -0.137. The van der Waals surface area contributed by atoms with E-state index >= 15 is 0 Å². The molecule has 0 saturated heterocycles. The Bertz CT molecular complexity index is 1800. The van der Waals surface area contributed by atoms with Crippen molar-refractivity contribution >= 4 is 41.0 Å². The number of urea groups is 1. The van der Waals surface area contributed by atoms with Crippen LogP contribution >= 0.6 is 23.5 Å². The Morgan fingerprint density at radius 2 is 1.73 bits per heavy atom. The maximum atomic E-state index is 13.3.